The Hall–Kier alpha value is -2.71. The highest BCUT2D eigenvalue weighted by atomic mass is 32.2. The fraction of sp³-hybridized carbons (Fsp3) is 0.391. The lowest BCUT2D eigenvalue weighted by Crippen LogP contribution is -2.35. The van der Waals surface area contributed by atoms with E-state index in [1.165, 1.54) is 10.4 Å². The Bertz CT molecular complexity index is 1090. The van der Waals surface area contributed by atoms with Gasteiger partial charge < -0.3 is 10.6 Å². The Balaban J connectivity index is 1.46. The highest BCUT2D eigenvalue weighted by Gasteiger charge is 2.39. The molecule has 31 heavy (non-hydrogen) atoms. The average molecular weight is 442 g/mol. The summed E-state index contributed by atoms with van der Waals surface area (Å²) in [5.41, 5.74) is 1.36. The summed E-state index contributed by atoms with van der Waals surface area (Å²) in [7, 11) is -3.58. The van der Waals surface area contributed by atoms with Gasteiger partial charge in [-0.3, -0.25) is 9.59 Å². The Kier molecular flexibility index (Phi) is 6.11. The first-order chi connectivity index (χ1) is 14.8. The number of anilines is 2. The van der Waals surface area contributed by atoms with Crippen LogP contribution in [0.4, 0.5) is 11.4 Å². The van der Waals surface area contributed by atoms with Crippen LogP contribution in [0.1, 0.15) is 43.0 Å². The van der Waals surface area contributed by atoms with Gasteiger partial charge in [0.2, 0.25) is 15.9 Å². The Labute approximate surface area is 182 Å². The van der Waals surface area contributed by atoms with E-state index in [2.05, 4.69) is 10.6 Å². The number of piperidine rings is 1. The Morgan fingerprint density at radius 1 is 0.935 bits per heavy atom. The van der Waals surface area contributed by atoms with Gasteiger partial charge in [0.15, 0.2) is 0 Å². The standard InChI is InChI=1S/C23H27N3O4S/c1-16-13-21(16)23(28)25-18-8-5-7-17(14-18)22(27)24-19-9-6-10-20(15-19)31(29,30)26-11-3-2-4-12-26/h5-10,14-16,21H,2-4,11-13H2,1H3,(H,24,27)(H,25,28). The summed E-state index contributed by atoms with van der Waals surface area (Å²) >= 11 is 0. The number of carbonyl (C=O) groups excluding carboxylic acids is 2. The molecule has 0 radical (unpaired) electrons. The molecule has 4 rings (SSSR count). The summed E-state index contributed by atoms with van der Waals surface area (Å²) in [6.45, 7) is 3.09. The van der Waals surface area contributed by atoms with Gasteiger partial charge in [-0.05, 0) is 61.6 Å². The molecule has 2 aromatic rings. The molecule has 0 spiro atoms. The maximum absolute atomic E-state index is 12.9. The van der Waals surface area contributed by atoms with Gasteiger partial charge in [-0.2, -0.15) is 4.31 Å². The van der Waals surface area contributed by atoms with Gasteiger partial charge in [-0.25, -0.2) is 8.42 Å². The predicted octanol–water partition coefficient (Wildman–Crippen LogP) is 3.71. The second-order valence-electron chi connectivity index (χ2n) is 8.34. The first-order valence-corrected chi connectivity index (χ1v) is 12.1. The molecule has 7 nitrogen and oxygen atoms in total. The van der Waals surface area contributed by atoms with E-state index in [1.54, 1.807) is 42.5 Å². The fourth-order valence-corrected chi connectivity index (χ4v) is 5.42. The molecule has 1 aliphatic heterocycles. The molecule has 1 heterocycles. The molecule has 2 N–H and O–H groups in total. The molecule has 2 aromatic carbocycles. The molecule has 1 aliphatic carbocycles. The van der Waals surface area contributed by atoms with Crippen LogP contribution in [0.15, 0.2) is 53.4 Å². The van der Waals surface area contributed by atoms with Crippen molar-refractivity contribution in [2.75, 3.05) is 23.7 Å². The number of carbonyl (C=O) groups is 2. The smallest absolute Gasteiger partial charge is 0.255 e. The largest absolute Gasteiger partial charge is 0.326 e. The zero-order valence-electron chi connectivity index (χ0n) is 17.5. The van der Waals surface area contributed by atoms with Crippen LogP contribution in [0, 0.1) is 11.8 Å². The van der Waals surface area contributed by atoms with Crippen molar-refractivity contribution in [1.82, 2.24) is 4.31 Å². The molecular weight excluding hydrogens is 414 g/mol. The Morgan fingerprint density at radius 2 is 1.58 bits per heavy atom. The van der Waals surface area contributed by atoms with E-state index in [-0.39, 0.29) is 22.6 Å². The number of nitrogens with zero attached hydrogens (tertiary/aromatic N) is 1. The summed E-state index contributed by atoms with van der Waals surface area (Å²) < 4.78 is 27.3. The molecule has 2 aliphatic rings. The SMILES string of the molecule is CC1CC1C(=O)Nc1cccc(C(=O)Nc2cccc(S(=O)(=O)N3CCCCC3)c2)c1. The molecule has 1 saturated carbocycles. The van der Waals surface area contributed by atoms with Crippen LogP contribution in [0.25, 0.3) is 0 Å². The molecular formula is C23H27N3O4S. The molecule has 0 bridgehead atoms. The molecule has 2 unspecified atom stereocenters. The van der Waals surface area contributed by atoms with Gasteiger partial charge in [0.05, 0.1) is 4.90 Å². The molecule has 2 atom stereocenters. The highest BCUT2D eigenvalue weighted by Crippen LogP contribution is 2.38. The van der Waals surface area contributed by atoms with Gasteiger partial charge in [0.1, 0.15) is 0 Å². The van der Waals surface area contributed by atoms with Crippen LogP contribution < -0.4 is 10.6 Å². The molecule has 2 fully saturated rings. The monoisotopic (exact) mass is 441 g/mol. The predicted molar refractivity (Wildman–Crippen MR) is 119 cm³/mol. The average Bonchev–Trinajstić information content (AvgIpc) is 3.51. The normalized spacial score (nSPS) is 21.3. The summed E-state index contributed by atoms with van der Waals surface area (Å²) in [6.07, 6.45) is 3.66. The van der Waals surface area contributed by atoms with Crippen molar-refractivity contribution < 1.29 is 18.0 Å². The van der Waals surface area contributed by atoms with Crippen LogP contribution in [-0.2, 0) is 14.8 Å². The first kappa shape index (κ1) is 21.5. The van der Waals surface area contributed by atoms with Crippen molar-refractivity contribution in [3.05, 3.63) is 54.1 Å². The number of rotatable bonds is 6. The van der Waals surface area contributed by atoms with Crippen LogP contribution >= 0.6 is 0 Å². The molecule has 8 heteroatoms. The third-order valence-corrected chi connectivity index (χ3v) is 7.78. The van der Waals surface area contributed by atoms with Gasteiger partial charge >= 0.3 is 0 Å². The molecule has 164 valence electrons. The van der Waals surface area contributed by atoms with Crippen LogP contribution in [0.2, 0.25) is 0 Å². The lowest BCUT2D eigenvalue weighted by atomic mass is 10.1. The maximum Gasteiger partial charge on any atom is 0.255 e. The number of hydrogen-bond acceptors (Lipinski definition) is 4. The summed E-state index contributed by atoms with van der Waals surface area (Å²) in [6, 6.07) is 13.0. The van der Waals surface area contributed by atoms with E-state index >= 15 is 0 Å². The third-order valence-electron chi connectivity index (χ3n) is 5.88. The number of benzene rings is 2. The topological polar surface area (TPSA) is 95.6 Å². The number of amides is 2. The lowest BCUT2D eigenvalue weighted by Gasteiger charge is -2.26. The zero-order valence-corrected chi connectivity index (χ0v) is 18.3. The lowest BCUT2D eigenvalue weighted by molar-refractivity contribution is -0.117. The molecule has 1 saturated heterocycles. The van der Waals surface area contributed by atoms with E-state index in [0.717, 1.165) is 25.7 Å². The minimum Gasteiger partial charge on any atom is -0.326 e. The maximum atomic E-state index is 12.9. The van der Waals surface area contributed by atoms with E-state index in [1.807, 2.05) is 6.92 Å². The minimum absolute atomic E-state index is 0.0271. The van der Waals surface area contributed by atoms with Crippen molar-refractivity contribution in [1.29, 1.82) is 0 Å². The van der Waals surface area contributed by atoms with Crippen molar-refractivity contribution in [2.45, 2.75) is 37.5 Å². The Morgan fingerprint density at radius 3 is 2.26 bits per heavy atom. The van der Waals surface area contributed by atoms with E-state index < -0.39 is 10.0 Å². The number of sulfonamides is 1. The highest BCUT2D eigenvalue weighted by molar-refractivity contribution is 7.89. The van der Waals surface area contributed by atoms with Crippen LogP contribution in [-0.4, -0.2) is 37.6 Å². The van der Waals surface area contributed by atoms with E-state index in [9.17, 15) is 18.0 Å². The van der Waals surface area contributed by atoms with E-state index in [4.69, 9.17) is 0 Å². The summed E-state index contributed by atoms with van der Waals surface area (Å²) in [5, 5.41) is 5.62. The van der Waals surface area contributed by atoms with Crippen LogP contribution in [0.3, 0.4) is 0 Å². The second kappa shape index (κ2) is 8.80. The summed E-state index contributed by atoms with van der Waals surface area (Å²) in [5.74, 6) is 0.0473. The van der Waals surface area contributed by atoms with Crippen molar-refractivity contribution >= 4 is 33.2 Å². The van der Waals surface area contributed by atoms with Crippen molar-refractivity contribution in [2.24, 2.45) is 11.8 Å². The van der Waals surface area contributed by atoms with Gasteiger partial charge in [-0.1, -0.05) is 25.5 Å². The molecule has 2 amide bonds. The third kappa shape index (κ3) is 4.97. The minimum atomic E-state index is -3.58. The second-order valence-corrected chi connectivity index (χ2v) is 10.3. The van der Waals surface area contributed by atoms with E-state index in [0.29, 0.717) is 35.9 Å². The van der Waals surface area contributed by atoms with Gasteiger partial charge in [-0.15, -0.1) is 0 Å². The van der Waals surface area contributed by atoms with Gasteiger partial charge in [0, 0.05) is 35.9 Å². The summed E-state index contributed by atoms with van der Waals surface area (Å²) in [4.78, 5) is 25.0. The van der Waals surface area contributed by atoms with Crippen LogP contribution in [0.5, 0.6) is 0 Å². The zero-order chi connectivity index (χ0) is 22.0. The molecule has 0 aromatic heterocycles. The number of nitrogens with one attached hydrogen (secondary N) is 2. The van der Waals surface area contributed by atoms with Gasteiger partial charge in [0.25, 0.3) is 5.91 Å². The number of hydrogen-bond donors (Lipinski definition) is 2. The van der Waals surface area contributed by atoms with Crippen molar-refractivity contribution in [3.8, 4) is 0 Å². The van der Waals surface area contributed by atoms with Crippen molar-refractivity contribution in [3.63, 3.8) is 0 Å². The fourth-order valence-electron chi connectivity index (χ4n) is 3.85. The quantitative estimate of drug-likeness (QED) is 0.714. The first-order valence-electron chi connectivity index (χ1n) is 10.7.